The van der Waals surface area contributed by atoms with Crippen molar-refractivity contribution in [3.8, 4) is 0 Å². The fraction of sp³-hybridized carbons (Fsp3) is 0.500. The Labute approximate surface area is 156 Å². The molecule has 0 aromatic carbocycles. The first-order chi connectivity index (χ1) is 13.0. The summed E-state index contributed by atoms with van der Waals surface area (Å²) in [6.45, 7) is 0.169. The second kappa shape index (κ2) is 6.98. The zero-order valence-corrected chi connectivity index (χ0v) is 15.6. The molecule has 0 bridgehead atoms. The molecule has 142 valence electrons. The second-order valence-electron chi connectivity index (χ2n) is 7.12. The standard InChI is InChI=1S/C18H23N7O2/c1-23-8-9-25-15(20-21-16(25)18(23)27)11-19-17(26)13-10-14(24(2)22-13)12-6-4-3-5-7-12/h8-10,12H,3-7,11H2,1-2H3,(H,19,26). The van der Waals surface area contributed by atoms with Crippen LogP contribution in [0.25, 0.3) is 5.65 Å². The molecule has 1 fully saturated rings. The topological polar surface area (TPSA) is 99.1 Å². The molecule has 3 aromatic heterocycles. The Bertz CT molecular complexity index is 1040. The monoisotopic (exact) mass is 369 g/mol. The maximum atomic E-state index is 12.5. The molecule has 0 aliphatic heterocycles. The number of aromatic nitrogens is 6. The highest BCUT2D eigenvalue weighted by Gasteiger charge is 2.22. The van der Waals surface area contributed by atoms with E-state index in [1.54, 1.807) is 23.8 Å². The van der Waals surface area contributed by atoms with E-state index in [0.717, 1.165) is 18.5 Å². The fourth-order valence-electron chi connectivity index (χ4n) is 3.76. The van der Waals surface area contributed by atoms with Gasteiger partial charge in [0.25, 0.3) is 11.5 Å². The minimum Gasteiger partial charge on any atom is -0.343 e. The number of hydrogen-bond donors (Lipinski definition) is 1. The van der Waals surface area contributed by atoms with Crippen molar-refractivity contribution in [1.29, 1.82) is 0 Å². The van der Waals surface area contributed by atoms with Gasteiger partial charge < -0.3 is 9.88 Å². The van der Waals surface area contributed by atoms with Crippen molar-refractivity contribution < 1.29 is 4.79 Å². The van der Waals surface area contributed by atoms with Crippen molar-refractivity contribution in [2.24, 2.45) is 14.1 Å². The lowest BCUT2D eigenvalue weighted by molar-refractivity contribution is 0.0944. The highest BCUT2D eigenvalue weighted by molar-refractivity contribution is 5.92. The smallest absolute Gasteiger partial charge is 0.295 e. The van der Waals surface area contributed by atoms with Crippen LogP contribution in [0.5, 0.6) is 0 Å². The summed E-state index contributed by atoms with van der Waals surface area (Å²) in [5.41, 5.74) is 1.53. The Morgan fingerprint density at radius 3 is 2.74 bits per heavy atom. The van der Waals surface area contributed by atoms with E-state index in [1.807, 2.05) is 17.8 Å². The van der Waals surface area contributed by atoms with E-state index in [1.165, 1.54) is 23.8 Å². The van der Waals surface area contributed by atoms with Crippen molar-refractivity contribution in [2.45, 2.75) is 44.6 Å². The lowest BCUT2D eigenvalue weighted by Crippen LogP contribution is -2.25. The number of carbonyl (C=O) groups excluding carboxylic acids is 1. The normalized spacial score (nSPS) is 15.3. The second-order valence-corrected chi connectivity index (χ2v) is 7.12. The molecule has 0 atom stereocenters. The molecule has 1 saturated carbocycles. The minimum absolute atomic E-state index is 0.169. The van der Waals surface area contributed by atoms with Crippen molar-refractivity contribution in [3.05, 3.63) is 46.0 Å². The van der Waals surface area contributed by atoms with Gasteiger partial charge in [-0.25, -0.2) is 0 Å². The summed E-state index contributed by atoms with van der Waals surface area (Å²) in [5.74, 6) is 0.724. The third kappa shape index (κ3) is 3.24. The van der Waals surface area contributed by atoms with Crippen molar-refractivity contribution in [3.63, 3.8) is 0 Å². The van der Waals surface area contributed by atoms with Gasteiger partial charge >= 0.3 is 0 Å². The summed E-state index contributed by atoms with van der Waals surface area (Å²) in [7, 11) is 3.55. The summed E-state index contributed by atoms with van der Waals surface area (Å²) in [5, 5.41) is 15.1. The Hall–Kier alpha value is -2.97. The van der Waals surface area contributed by atoms with Crippen LogP contribution < -0.4 is 10.9 Å². The third-order valence-electron chi connectivity index (χ3n) is 5.30. The van der Waals surface area contributed by atoms with Crippen molar-refractivity contribution in [1.82, 2.24) is 34.3 Å². The van der Waals surface area contributed by atoms with Crippen LogP contribution in [0.15, 0.2) is 23.3 Å². The molecule has 4 rings (SSSR count). The number of carbonyl (C=O) groups is 1. The van der Waals surface area contributed by atoms with Gasteiger partial charge in [0.05, 0.1) is 6.54 Å². The van der Waals surface area contributed by atoms with Crippen LogP contribution >= 0.6 is 0 Å². The molecule has 3 heterocycles. The summed E-state index contributed by atoms with van der Waals surface area (Å²) in [4.78, 5) is 24.6. The van der Waals surface area contributed by atoms with Gasteiger partial charge in [-0.2, -0.15) is 5.10 Å². The molecular weight excluding hydrogens is 346 g/mol. The van der Waals surface area contributed by atoms with Gasteiger partial charge in [-0.15, -0.1) is 10.2 Å². The zero-order valence-electron chi connectivity index (χ0n) is 15.6. The average Bonchev–Trinajstić information content (AvgIpc) is 3.27. The van der Waals surface area contributed by atoms with Crippen LogP contribution in [0, 0.1) is 0 Å². The maximum absolute atomic E-state index is 12.5. The van der Waals surface area contributed by atoms with Gasteiger partial charge in [0.2, 0.25) is 5.65 Å². The van der Waals surface area contributed by atoms with Gasteiger partial charge in [0.1, 0.15) is 5.69 Å². The van der Waals surface area contributed by atoms with Gasteiger partial charge in [0.15, 0.2) is 5.82 Å². The number of hydrogen-bond acceptors (Lipinski definition) is 5. The summed E-state index contributed by atoms with van der Waals surface area (Å²) in [6, 6.07) is 1.89. The first kappa shape index (κ1) is 17.4. The maximum Gasteiger partial charge on any atom is 0.295 e. The van der Waals surface area contributed by atoms with Crippen LogP contribution in [0.2, 0.25) is 0 Å². The van der Waals surface area contributed by atoms with Crippen LogP contribution in [0.1, 0.15) is 60.0 Å². The van der Waals surface area contributed by atoms with E-state index in [4.69, 9.17) is 0 Å². The number of nitrogens with one attached hydrogen (secondary N) is 1. The highest BCUT2D eigenvalue weighted by atomic mass is 16.2. The molecule has 1 aliphatic rings. The zero-order chi connectivity index (χ0) is 19.0. The predicted molar refractivity (Wildman–Crippen MR) is 98.4 cm³/mol. The molecule has 0 unspecified atom stereocenters. The number of amides is 1. The number of fused-ring (bicyclic) bond motifs is 1. The van der Waals surface area contributed by atoms with Crippen LogP contribution in [0.4, 0.5) is 0 Å². The number of aryl methyl sites for hydroxylation is 2. The van der Waals surface area contributed by atoms with E-state index >= 15 is 0 Å². The lowest BCUT2D eigenvalue weighted by atomic mass is 9.87. The Morgan fingerprint density at radius 2 is 1.96 bits per heavy atom. The molecule has 0 spiro atoms. The molecule has 1 amide bonds. The molecule has 1 aliphatic carbocycles. The minimum atomic E-state index is -0.256. The van der Waals surface area contributed by atoms with E-state index in [9.17, 15) is 9.59 Å². The Morgan fingerprint density at radius 1 is 1.19 bits per heavy atom. The Balaban J connectivity index is 1.49. The molecule has 27 heavy (non-hydrogen) atoms. The molecule has 9 heteroatoms. The first-order valence-electron chi connectivity index (χ1n) is 9.26. The molecule has 0 radical (unpaired) electrons. The van der Waals surface area contributed by atoms with E-state index in [2.05, 4.69) is 20.6 Å². The quantitative estimate of drug-likeness (QED) is 0.743. The van der Waals surface area contributed by atoms with Crippen molar-refractivity contribution >= 4 is 11.6 Å². The fourth-order valence-corrected chi connectivity index (χ4v) is 3.76. The van der Waals surface area contributed by atoms with Gasteiger partial charge in [-0.1, -0.05) is 19.3 Å². The van der Waals surface area contributed by atoms with Crippen LogP contribution in [-0.4, -0.2) is 34.9 Å². The van der Waals surface area contributed by atoms with Crippen LogP contribution in [-0.2, 0) is 20.6 Å². The third-order valence-corrected chi connectivity index (χ3v) is 5.30. The number of rotatable bonds is 4. The highest BCUT2D eigenvalue weighted by Crippen LogP contribution is 2.32. The van der Waals surface area contributed by atoms with Crippen molar-refractivity contribution in [2.75, 3.05) is 0 Å². The van der Waals surface area contributed by atoms with E-state index < -0.39 is 0 Å². The lowest BCUT2D eigenvalue weighted by Gasteiger charge is -2.21. The molecule has 3 aromatic rings. The summed E-state index contributed by atoms with van der Waals surface area (Å²) in [6.07, 6.45) is 9.41. The van der Waals surface area contributed by atoms with Gasteiger partial charge in [0, 0.05) is 38.1 Å². The Kier molecular flexibility index (Phi) is 4.51. The molecule has 0 saturated heterocycles. The molecule has 9 nitrogen and oxygen atoms in total. The number of nitrogens with zero attached hydrogens (tertiary/aromatic N) is 6. The van der Waals surface area contributed by atoms with Gasteiger partial charge in [-0.05, 0) is 18.9 Å². The largest absolute Gasteiger partial charge is 0.343 e. The first-order valence-corrected chi connectivity index (χ1v) is 9.26. The SMILES string of the molecule is Cn1nc(C(=O)NCc2nnc3c(=O)n(C)ccn23)cc1C1CCCCC1. The molecular formula is C18H23N7O2. The molecule has 1 N–H and O–H groups in total. The van der Waals surface area contributed by atoms with Gasteiger partial charge in [-0.3, -0.25) is 18.7 Å². The van der Waals surface area contributed by atoms with E-state index in [-0.39, 0.29) is 23.7 Å². The van der Waals surface area contributed by atoms with Crippen LogP contribution in [0.3, 0.4) is 0 Å². The average molecular weight is 369 g/mol. The summed E-state index contributed by atoms with van der Waals surface area (Å²) < 4.78 is 4.85. The summed E-state index contributed by atoms with van der Waals surface area (Å²) >= 11 is 0. The van der Waals surface area contributed by atoms with E-state index in [0.29, 0.717) is 17.4 Å². The predicted octanol–water partition coefficient (Wildman–Crippen LogP) is 1.14.